The summed E-state index contributed by atoms with van der Waals surface area (Å²) in [7, 11) is 0. The molecule has 0 aliphatic carbocycles. The maximum atomic E-state index is 4.76. The van der Waals surface area contributed by atoms with Gasteiger partial charge >= 0.3 is 0 Å². The van der Waals surface area contributed by atoms with Crippen LogP contribution < -0.4 is 0 Å². The van der Waals surface area contributed by atoms with Crippen LogP contribution in [0.5, 0.6) is 0 Å². The van der Waals surface area contributed by atoms with Gasteiger partial charge in [-0.15, -0.1) is 23.2 Å². The lowest BCUT2D eigenvalue weighted by molar-refractivity contribution is 2.20. The van der Waals surface area contributed by atoms with Crippen LogP contribution in [0.4, 0.5) is 0 Å². The predicted octanol–water partition coefficient (Wildman–Crippen LogP) is 3.11. The minimum atomic E-state index is 0.194. The highest BCUT2D eigenvalue weighted by atomic mass is 80.9. The first-order valence-electron chi connectivity index (χ1n) is 0.677. The van der Waals surface area contributed by atoms with Gasteiger partial charge in [-0.3, -0.25) is 0 Å². The molecule has 0 nitrogen and oxygen atoms in total. The molecule has 0 saturated heterocycles. The summed E-state index contributed by atoms with van der Waals surface area (Å²) in [5, 5.41) is 0.194. The fourth-order valence-corrected chi connectivity index (χ4v) is 0. The van der Waals surface area contributed by atoms with E-state index in [1.807, 2.05) is 0 Å². The molecule has 0 saturated carbocycles. The quantitative estimate of drug-likeness (QED) is 0.575. The van der Waals surface area contributed by atoms with E-state index in [1.54, 1.807) is 0 Å². The third-order valence-electron chi connectivity index (χ3n) is 0. The first-order chi connectivity index (χ1) is 2.41. The van der Waals surface area contributed by atoms with E-state index < -0.39 is 0 Å². The molecule has 0 atom stereocenters. The second kappa shape index (κ2) is 17.7. The second-order valence-electron chi connectivity index (χ2n) is 0.101. The van der Waals surface area contributed by atoms with Gasteiger partial charge in [0.25, 0.3) is 0 Å². The summed E-state index contributed by atoms with van der Waals surface area (Å²) in [6.45, 7) is 0. The van der Waals surface area contributed by atoms with Gasteiger partial charge in [0.15, 0.2) is 0 Å². The minimum absolute atomic E-state index is 0.194. The Kier molecular flexibility index (Phi) is 34.5. The van der Waals surface area contributed by atoms with Crippen molar-refractivity contribution in [3.8, 4) is 0 Å². The minimum Gasteiger partial charge on any atom is -0.109 e. The van der Waals surface area contributed by atoms with Crippen LogP contribution >= 0.6 is 51.5 Å². The van der Waals surface area contributed by atoms with Crippen LogP contribution in [0.25, 0.3) is 0 Å². The SMILES string of the molecule is BrBr.ClCCl. The van der Waals surface area contributed by atoms with Crippen molar-refractivity contribution < 1.29 is 0 Å². The van der Waals surface area contributed by atoms with Gasteiger partial charge in [0.2, 0.25) is 0 Å². The average molecular weight is 245 g/mol. The second-order valence-corrected chi connectivity index (χ2v) is 0.909. The van der Waals surface area contributed by atoms with Gasteiger partial charge in [0.1, 0.15) is 0 Å². The third kappa shape index (κ3) is 29.3. The Labute approximate surface area is 56.7 Å². The Balaban J connectivity index is 0. The highest BCUT2D eigenvalue weighted by Gasteiger charge is 1.41. The van der Waals surface area contributed by atoms with E-state index in [-0.39, 0.29) is 5.34 Å². The molecule has 0 aliphatic heterocycles. The molecule has 34 valence electrons. The Hall–Kier alpha value is 1.54. The summed E-state index contributed by atoms with van der Waals surface area (Å²) < 4.78 is 0. The molecule has 0 rings (SSSR count). The maximum absolute atomic E-state index is 4.76. The molecule has 0 aromatic rings. The van der Waals surface area contributed by atoms with Crippen molar-refractivity contribution in [2.24, 2.45) is 0 Å². The van der Waals surface area contributed by atoms with Crippen molar-refractivity contribution in [3.05, 3.63) is 0 Å². The van der Waals surface area contributed by atoms with Crippen LogP contribution in [-0.2, 0) is 0 Å². The van der Waals surface area contributed by atoms with E-state index in [1.165, 1.54) is 0 Å². The van der Waals surface area contributed by atoms with Crippen LogP contribution in [0.3, 0.4) is 0 Å². The van der Waals surface area contributed by atoms with Gasteiger partial charge in [0.05, 0.1) is 5.34 Å². The van der Waals surface area contributed by atoms with E-state index >= 15 is 0 Å². The molecule has 0 aromatic heterocycles. The number of alkyl halides is 2. The molecular weight excluding hydrogens is 243 g/mol. The molecule has 0 N–H and O–H groups in total. The Morgan fingerprint density at radius 3 is 1.20 bits per heavy atom. The highest BCUT2D eigenvalue weighted by Crippen LogP contribution is 1.85. The zero-order valence-corrected chi connectivity index (χ0v) is 6.90. The normalized spacial score (nSPS) is 4.80. The molecule has 0 heterocycles. The summed E-state index contributed by atoms with van der Waals surface area (Å²) in [5.41, 5.74) is 0. The zero-order valence-electron chi connectivity index (χ0n) is 2.22. The van der Waals surface area contributed by atoms with Crippen molar-refractivity contribution >= 4 is 51.5 Å². The molecule has 0 aliphatic rings. The maximum Gasteiger partial charge on any atom is 0.0967 e. The molecule has 0 unspecified atom stereocenters. The number of hydrogen-bond acceptors (Lipinski definition) is 0. The van der Waals surface area contributed by atoms with Gasteiger partial charge in [-0.05, 0) is 0 Å². The predicted molar refractivity (Wildman–Crippen MR) is 34.4 cm³/mol. The van der Waals surface area contributed by atoms with Crippen molar-refractivity contribution in [1.82, 2.24) is 0 Å². The lowest BCUT2D eigenvalue weighted by Gasteiger charge is -1.42. The lowest BCUT2D eigenvalue weighted by atomic mass is 11.9. The standard InChI is InChI=1S/CH2Cl2.Br2/c2-1-3;1-2/h1H2;. The Morgan fingerprint density at radius 1 is 1.20 bits per heavy atom. The lowest BCUT2D eigenvalue weighted by Crippen LogP contribution is -1.24. The molecule has 0 fully saturated rings. The van der Waals surface area contributed by atoms with Crippen molar-refractivity contribution in [1.29, 1.82) is 0 Å². The fourth-order valence-electron chi connectivity index (χ4n) is 0. The summed E-state index contributed by atoms with van der Waals surface area (Å²) in [6, 6.07) is 0. The first kappa shape index (κ1) is 9.74. The van der Waals surface area contributed by atoms with Crippen LogP contribution in [0.1, 0.15) is 0 Å². The molecule has 0 aromatic carbocycles. The van der Waals surface area contributed by atoms with Crippen molar-refractivity contribution in [2.45, 2.75) is 0 Å². The summed E-state index contributed by atoms with van der Waals surface area (Å²) in [4.78, 5) is 0. The first-order valence-corrected chi connectivity index (χ1v) is 5.46. The van der Waals surface area contributed by atoms with Crippen LogP contribution in [-0.4, -0.2) is 5.34 Å². The summed E-state index contributed by atoms with van der Waals surface area (Å²) in [6.07, 6.45) is 0. The third-order valence-corrected chi connectivity index (χ3v) is 0. The molecule has 0 radical (unpaired) electrons. The van der Waals surface area contributed by atoms with Gasteiger partial charge in [-0.1, -0.05) is 0 Å². The van der Waals surface area contributed by atoms with Gasteiger partial charge < -0.3 is 0 Å². The van der Waals surface area contributed by atoms with Crippen LogP contribution in [0.2, 0.25) is 0 Å². The van der Waals surface area contributed by atoms with E-state index in [0.717, 1.165) is 0 Å². The van der Waals surface area contributed by atoms with E-state index in [0.29, 0.717) is 0 Å². The van der Waals surface area contributed by atoms with Gasteiger partial charge in [-0.2, -0.15) is 0 Å². The molecular formula is CH2Br2Cl2. The monoisotopic (exact) mass is 242 g/mol. The van der Waals surface area contributed by atoms with E-state index in [9.17, 15) is 0 Å². The Bertz CT molecular complexity index is 7.61. The van der Waals surface area contributed by atoms with Crippen molar-refractivity contribution in [2.75, 3.05) is 5.34 Å². The smallest absolute Gasteiger partial charge is 0.0967 e. The summed E-state index contributed by atoms with van der Waals surface area (Å²) in [5.74, 6) is 0. The topological polar surface area (TPSA) is 0 Å². The zero-order chi connectivity index (χ0) is 4.71. The number of rotatable bonds is 0. The number of hydrogen-bond donors (Lipinski definition) is 0. The average Bonchev–Trinajstić information content (AvgIpc) is 1.46. The molecule has 0 bridgehead atoms. The van der Waals surface area contributed by atoms with Crippen LogP contribution in [0, 0.1) is 0 Å². The van der Waals surface area contributed by atoms with Gasteiger partial charge in [-0.25, -0.2) is 0 Å². The Morgan fingerprint density at radius 2 is 1.20 bits per heavy atom. The molecule has 4 heteroatoms. The molecule has 0 spiro atoms. The highest BCUT2D eigenvalue weighted by molar-refractivity contribution is 9.93. The largest absolute Gasteiger partial charge is 0.109 e. The molecule has 5 heavy (non-hydrogen) atoms. The number of halogens is 4. The van der Waals surface area contributed by atoms with E-state index in [4.69, 9.17) is 23.2 Å². The fraction of sp³-hybridized carbons (Fsp3) is 1.00. The molecule has 0 amide bonds. The van der Waals surface area contributed by atoms with Crippen molar-refractivity contribution in [3.63, 3.8) is 0 Å². The van der Waals surface area contributed by atoms with Gasteiger partial charge in [0, 0.05) is 28.3 Å². The van der Waals surface area contributed by atoms with Crippen LogP contribution in [0.15, 0.2) is 0 Å². The summed E-state index contributed by atoms with van der Waals surface area (Å²) >= 11 is 15.0. The van der Waals surface area contributed by atoms with E-state index in [2.05, 4.69) is 28.3 Å².